The van der Waals surface area contributed by atoms with Crippen LogP contribution in [0.15, 0.2) is 61.1 Å². The van der Waals surface area contributed by atoms with Crippen LogP contribution in [0.5, 0.6) is 0 Å². The van der Waals surface area contributed by atoms with Gasteiger partial charge in [0.2, 0.25) is 5.91 Å². The average Bonchev–Trinajstić information content (AvgIpc) is 3.45. The molecule has 1 saturated heterocycles. The van der Waals surface area contributed by atoms with Crippen LogP contribution in [0.4, 0.5) is 0 Å². The Kier molecular flexibility index (Phi) is 5.84. The van der Waals surface area contributed by atoms with E-state index in [2.05, 4.69) is 38.7 Å². The molecule has 0 bridgehead atoms. The smallest absolute Gasteiger partial charge is 0.271 e. The van der Waals surface area contributed by atoms with Gasteiger partial charge in [0, 0.05) is 37.7 Å². The molecule has 0 radical (unpaired) electrons. The summed E-state index contributed by atoms with van der Waals surface area (Å²) in [6.45, 7) is 4.83. The van der Waals surface area contributed by atoms with Gasteiger partial charge in [-0.25, -0.2) is 0 Å². The van der Waals surface area contributed by atoms with Crippen LogP contribution in [0.2, 0.25) is 0 Å². The van der Waals surface area contributed by atoms with Crippen LogP contribution in [0.1, 0.15) is 36.3 Å². The Labute approximate surface area is 181 Å². The number of hydrogen-bond donors (Lipinski definition) is 2. The first-order chi connectivity index (χ1) is 15.0. The van der Waals surface area contributed by atoms with Gasteiger partial charge in [0.15, 0.2) is 0 Å². The normalized spacial score (nSPS) is 18.4. The number of H-pyrrole nitrogens is 1. The van der Waals surface area contributed by atoms with E-state index in [1.165, 1.54) is 0 Å². The fourth-order valence-corrected chi connectivity index (χ4v) is 4.21. The van der Waals surface area contributed by atoms with Crippen molar-refractivity contribution in [2.45, 2.75) is 32.7 Å². The molecule has 1 atom stereocenters. The molecule has 7 nitrogen and oxygen atoms in total. The molecule has 7 heteroatoms. The second kappa shape index (κ2) is 8.71. The molecule has 1 unspecified atom stereocenters. The van der Waals surface area contributed by atoms with Gasteiger partial charge in [-0.05, 0) is 61.6 Å². The molecule has 2 N–H and O–H groups in total. The molecular weight excluding hydrogens is 390 g/mol. The summed E-state index contributed by atoms with van der Waals surface area (Å²) in [5, 5.41) is 9.69. The van der Waals surface area contributed by atoms with Gasteiger partial charge in [-0.1, -0.05) is 24.3 Å². The van der Waals surface area contributed by atoms with Gasteiger partial charge in [-0.2, -0.15) is 5.10 Å². The first-order valence-corrected chi connectivity index (χ1v) is 10.6. The summed E-state index contributed by atoms with van der Waals surface area (Å²) in [6, 6.07) is 13.9. The lowest BCUT2D eigenvalue weighted by atomic mass is 9.79. The lowest BCUT2D eigenvalue weighted by molar-refractivity contribution is -0.130. The van der Waals surface area contributed by atoms with Crippen LogP contribution in [0.25, 0.3) is 11.1 Å². The Bertz CT molecular complexity index is 1050. The molecule has 2 amide bonds. The second-order valence-corrected chi connectivity index (χ2v) is 8.47. The van der Waals surface area contributed by atoms with E-state index in [1.54, 1.807) is 29.6 Å². The number of aromatic nitrogens is 3. The Morgan fingerprint density at radius 1 is 1.13 bits per heavy atom. The highest BCUT2D eigenvalue weighted by molar-refractivity contribution is 5.93. The van der Waals surface area contributed by atoms with E-state index in [1.807, 2.05) is 32.0 Å². The SMILES string of the molecule is CC(C)NC(=O)C1(Cc2cccc(-c3ccncc3)c2)CCN(C(=O)c2ccn[nH]2)C1. The van der Waals surface area contributed by atoms with Gasteiger partial charge < -0.3 is 10.2 Å². The molecular formula is C24H27N5O2. The largest absolute Gasteiger partial charge is 0.353 e. The highest BCUT2D eigenvalue weighted by Crippen LogP contribution is 2.36. The molecule has 1 aliphatic rings. The zero-order valence-electron chi connectivity index (χ0n) is 17.8. The van der Waals surface area contributed by atoms with E-state index in [9.17, 15) is 9.59 Å². The zero-order chi connectivity index (χ0) is 21.8. The minimum atomic E-state index is -0.670. The molecule has 31 heavy (non-hydrogen) atoms. The van der Waals surface area contributed by atoms with E-state index >= 15 is 0 Å². The van der Waals surface area contributed by atoms with Crippen molar-refractivity contribution >= 4 is 11.8 Å². The first kappa shape index (κ1) is 20.8. The highest BCUT2D eigenvalue weighted by Gasteiger charge is 2.46. The number of likely N-dealkylation sites (tertiary alicyclic amines) is 1. The maximum Gasteiger partial charge on any atom is 0.271 e. The van der Waals surface area contributed by atoms with Gasteiger partial charge in [-0.15, -0.1) is 0 Å². The van der Waals surface area contributed by atoms with Crippen molar-refractivity contribution in [3.63, 3.8) is 0 Å². The van der Waals surface area contributed by atoms with Gasteiger partial charge in [0.05, 0.1) is 5.41 Å². The van der Waals surface area contributed by atoms with Crippen molar-refractivity contribution < 1.29 is 9.59 Å². The van der Waals surface area contributed by atoms with E-state index in [-0.39, 0.29) is 17.9 Å². The number of pyridine rings is 1. The molecule has 2 aromatic heterocycles. The second-order valence-electron chi connectivity index (χ2n) is 8.47. The predicted octanol–water partition coefficient (Wildman–Crippen LogP) is 3.07. The number of rotatable bonds is 6. The molecule has 1 aliphatic heterocycles. The van der Waals surface area contributed by atoms with Gasteiger partial charge in [-0.3, -0.25) is 19.7 Å². The topological polar surface area (TPSA) is 91.0 Å². The highest BCUT2D eigenvalue weighted by atomic mass is 16.2. The molecule has 1 fully saturated rings. The van der Waals surface area contributed by atoms with Crippen molar-refractivity contribution in [1.82, 2.24) is 25.4 Å². The summed E-state index contributed by atoms with van der Waals surface area (Å²) in [4.78, 5) is 32.0. The molecule has 3 heterocycles. The Hall–Kier alpha value is -3.48. The Morgan fingerprint density at radius 3 is 2.65 bits per heavy atom. The quantitative estimate of drug-likeness (QED) is 0.645. The molecule has 4 rings (SSSR count). The fraction of sp³-hybridized carbons (Fsp3) is 0.333. The number of aromatic amines is 1. The van der Waals surface area contributed by atoms with Gasteiger partial charge >= 0.3 is 0 Å². The molecule has 0 spiro atoms. The summed E-state index contributed by atoms with van der Waals surface area (Å²) in [7, 11) is 0. The van der Waals surface area contributed by atoms with Crippen molar-refractivity contribution in [3.8, 4) is 11.1 Å². The number of hydrogen-bond acceptors (Lipinski definition) is 4. The van der Waals surface area contributed by atoms with E-state index < -0.39 is 5.41 Å². The Balaban J connectivity index is 1.61. The summed E-state index contributed by atoms with van der Waals surface area (Å²) >= 11 is 0. The predicted molar refractivity (Wildman–Crippen MR) is 118 cm³/mol. The zero-order valence-corrected chi connectivity index (χ0v) is 17.8. The van der Waals surface area contributed by atoms with Crippen LogP contribution in [0.3, 0.4) is 0 Å². The molecule has 0 saturated carbocycles. The minimum Gasteiger partial charge on any atom is -0.353 e. The number of amides is 2. The van der Waals surface area contributed by atoms with Crippen LogP contribution in [-0.4, -0.2) is 51.0 Å². The summed E-state index contributed by atoms with van der Waals surface area (Å²) in [5.41, 5.74) is 3.02. The molecule has 160 valence electrons. The summed E-state index contributed by atoms with van der Waals surface area (Å²) < 4.78 is 0. The third-order valence-corrected chi connectivity index (χ3v) is 5.76. The number of nitrogens with zero attached hydrogens (tertiary/aromatic N) is 3. The van der Waals surface area contributed by atoms with Crippen molar-refractivity contribution in [2.24, 2.45) is 5.41 Å². The van der Waals surface area contributed by atoms with Gasteiger partial charge in [0.1, 0.15) is 5.69 Å². The van der Waals surface area contributed by atoms with Crippen molar-refractivity contribution in [3.05, 3.63) is 72.3 Å². The third-order valence-electron chi connectivity index (χ3n) is 5.76. The monoisotopic (exact) mass is 417 g/mol. The number of benzene rings is 1. The third kappa shape index (κ3) is 4.50. The lowest BCUT2D eigenvalue weighted by Crippen LogP contribution is -2.47. The Morgan fingerprint density at radius 2 is 1.94 bits per heavy atom. The van der Waals surface area contributed by atoms with Crippen molar-refractivity contribution in [1.29, 1.82) is 0 Å². The lowest BCUT2D eigenvalue weighted by Gasteiger charge is -2.29. The maximum absolute atomic E-state index is 13.3. The van der Waals surface area contributed by atoms with Crippen LogP contribution in [0, 0.1) is 5.41 Å². The summed E-state index contributed by atoms with van der Waals surface area (Å²) in [6.07, 6.45) is 6.29. The van der Waals surface area contributed by atoms with Crippen LogP contribution >= 0.6 is 0 Å². The molecule has 3 aromatic rings. The number of carbonyl (C=O) groups excluding carboxylic acids is 2. The summed E-state index contributed by atoms with van der Waals surface area (Å²) in [5.74, 6) is -0.126. The standard InChI is InChI=1S/C24H27N5O2/c1-17(2)27-23(31)24(9-13-29(16-24)22(30)21-8-12-26-28-21)15-18-4-3-5-20(14-18)19-6-10-25-11-7-19/h3-8,10-12,14,17H,9,13,15-16H2,1-2H3,(H,26,28)(H,27,31). The fourth-order valence-electron chi connectivity index (χ4n) is 4.21. The van der Waals surface area contributed by atoms with Crippen molar-refractivity contribution in [2.75, 3.05) is 13.1 Å². The average molecular weight is 418 g/mol. The van der Waals surface area contributed by atoms with Gasteiger partial charge in [0.25, 0.3) is 5.91 Å². The molecule has 1 aromatic carbocycles. The number of nitrogens with one attached hydrogen (secondary N) is 2. The maximum atomic E-state index is 13.3. The van der Waals surface area contributed by atoms with E-state index in [4.69, 9.17) is 0 Å². The van der Waals surface area contributed by atoms with E-state index in [0.29, 0.717) is 31.6 Å². The van der Waals surface area contributed by atoms with E-state index in [0.717, 1.165) is 16.7 Å². The van der Waals surface area contributed by atoms with Crippen LogP contribution in [-0.2, 0) is 11.2 Å². The number of carbonyl (C=O) groups is 2. The molecule has 0 aliphatic carbocycles. The minimum absolute atomic E-state index is 0.00303. The van der Waals surface area contributed by atoms with Crippen LogP contribution < -0.4 is 5.32 Å². The first-order valence-electron chi connectivity index (χ1n) is 10.6.